The molecule has 0 aliphatic carbocycles. The van der Waals surface area contributed by atoms with Crippen LogP contribution in [0, 0.1) is 0 Å². The van der Waals surface area contributed by atoms with Gasteiger partial charge in [0.05, 0.1) is 6.26 Å². The van der Waals surface area contributed by atoms with Gasteiger partial charge >= 0.3 is 59.1 Å². The zero-order valence-corrected chi connectivity index (χ0v) is 15.4. The second-order valence-corrected chi connectivity index (χ2v) is 6.18. The van der Waals surface area contributed by atoms with Crippen LogP contribution in [0.1, 0.15) is 0 Å². The average molecular weight is 295 g/mol. The second kappa shape index (κ2) is 7.65. The van der Waals surface area contributed by atoms with Gasteiger partial charge in [0, 0.05) is 5.69 Å². The number of benzene rings is 1. The smallest absolute Gasteiger partial charge is 0.807 e. The van der Waals surface area contributed by atoms with E-state index in [0.717, 1.165) is 18.4 Å². The zero-order chi connectivity index (χ0) is 11.7. The van der Waals surface area contributed by atoms with Gasteiger partial charge < -0.3 is 14.4 Å². The van der Waals surface area contributed by atoms with Crippen molar-refractivity contribution in [2.45, 2.75) is 0 Å². The minimum atomic E-state index is -4.77. The summed E-state index contributed by atoms with van der Waals surface area (Å²) in [5.41, 5.74) is 0.203. The summed E-state index contributed by atoms with van der Waals surface area (Å²) in [6.07, 6.45) is 0.965. The van der Waals surface area contributed by atoms with Gasteiger partial charge in [-0.2, -0.15) is 0 Å². The van der Waals surface area contributed by atoms with E-state index in [1.54, 1.807) is 0 Å². The van der Waals surface area contributed by atoms with Crippen LogP contribution in [0.5, 0.6) is 0 Å². The number of sulfonamides is 1. The fraction of sp³-hybridized carbons (Fsp3) is 0.143. The van der Waals surface area contributed by atoms with E-state index in [2.05, 4.69) is 4.72 Å². The third-order valence-corrected chi connectivity index (χ3v) is 3.02. The third kappa shape index (κ3) is 8.00. The summed E-state index contributed by atoms with van der Waals surface area (Å²) in [4.78, 5) is 21.1. The Bertz CT molecular complexity index is 498. The van der Waals surface area contributed by atoms with E-state index in [9.17, 15) is 22.8 Å². The first-order valence-electron chi connectivity index (χ1n) is 3.79. The van der Waals surface area contributed by atoms with Crippen LogP contribution in [0.25, 0.3) is 0 Å². The summed E-state index contributed by atoms with van der Waals surface area (Å²) in [6, 6.07) is 4.51. The van der Waals surface area contributed by atoms with Gasteiger partial charge in [-0.3, -0.25) is 4.72 Å². The molecule has 0 aliphatic heterocycles. The molecule has 17 heavy (non-hydrogen) atoms. The number of anilines is 1. The molecule has 6 nitrogen and oxygen atoms in total. The predicted molar refractivity (Wildman–Crippen MR) is 52.1 cm³/mol. The van der Waals surface area contributed by atoms with Crippen molar-refractivity contribution in [3.8, 4) is 0 Å². The monoisotopic (exact) mass is 295 g/mol. The van der Waals surface area contributed by atoms with Crippen LogP contribution < -0.4 is 78.9 Å². The molecule has 0 aliphatic rings. The van der Waals surface area contributed by atoms with Crippen molar-refractivity contribution >= 4 is 28.6 Å². The molecule has 10 heteroatoms. The van der Waals surface area contributed by atoms with Crippen LogP contribution in [-0.4, -0.2) is 14.7 Å². The molecule has 0 heterocycles. The van der Waals surface area contributed by atoms with Crippen LogP contribution >= 0.6 is 7.60 Å². The van der Waals surface area contributed by atoms with Crippen molar-refractivity contribution < 1.29 is 81.9 Å². The SMILES string of the molecule is CS(=O)(=O)Nc1ccc(P(=O)([O-])[O-])cc1.[Na+].[Na+]. The molecule has 0 fully saturated rings. The largest absolute Gasteiger partial charge is 1.00 e. The summed E-state index contributed by atoms with van der Waals surface area (Å²) in [7, 11) is -8.17. The van der Waals surface area contributed by atoms with Crippen LogP contribution in [0.4, 0.5) is 5.69 Å². The van der Waals surface area contributed by atoms with Crippen molar-refractivity contribution in [1.29, 1.82) is 0 Å². The molecule has 0 radical (unpaired) electrons. The molecular weight excluding hydrogens is 287 g/mol. The molecule has 1 rings (SSSR count). The third-order valence-electron chi connectivity index (χ3n) is 1.49. The maximum atomic E-state index is 10.8. The fourth-order valence-corrected chi connectivity index (χ4v) is 2.00. The normalized spacial score (nSPS) is 11.0. The molecule has 1 aromatic carbocycles. The summed E-state index contributed by atoms with van der Waals surface area (Å²) in [6.45, 7) is 0. The van der Waals surface area contributed by atoms with E-state index < -0.39 is 17.6 Å². The van der Waals surface area contributed by atoms with Gasteiger partial charge in [0.25, 0.3) is 0 Å². The maximum absolute atomic E-state index is 10.8. The van der Waals surface area contributed by atoms with E-state index in [0.29, 0.717) is 0 Å². The number of nitrogens with one attached hydrogen (secondary N) is 1. The Morgan fingerprint density at radius 1 is 1.12 bits per heavy atom. The Labute approximate surface area is 144 Å². The summed E-state index contributed by atoms with van der Waals surface area (Å²) in [5, 5.41) is -0.374. The number of hydrogen-bond donors (Lipinski definition) is 1. The molecule has 0 amide bonds. The van der Waals surface area contributed by atoms with Gasteiger partial charge in [0.1, 0.15) is 0 Å². The standard InChI is InChI=1S/C7H10NO5PS.2Na/c1-15(12,13)8-6-2-4-7(5-3-6)14(9,10)11;;/h2-5,8H,1H3,(H2,9,10,11);;/q;2*+1/p-2. The predicted octanol–water partition coefficient (Wildman–Crippen LogP) is -7.39. The van der Waals surface area contributed by atoms with E-state index in [1.165, 1.54) is 12.1 Å². The van der Waals surface area contributed by atoms with E-state index >= 15 is 0 Å². The average Bonchev–Trinajstić information content (AvgIpc) is 2.00. The van der Waals surface area contributed by atoms with Crippen molar-refractivity contribution in [3.05, 3.63) is 24.3 Å². The molecule has 0 saturated heterocycles. The molecule has 1 N–H and O–H groups in total. The fourth-order valence-electron chi connectivity index (χ4n) is 0.926. The Morgan fingerprint density at radius 2 is 1.53 bits per heavy atom. The first kappa shape index (κ1) is 20.4. The van der Waals surface area contributed by atoms with Crippen LogP contribution in [-0.2, 0) is 14.6 Å². The van der Waals surface area contributed by atoms with Gasteiger partial charge in [-0.05, 0) is 25.0 Å². The first-order chi connectivity index (χ1) is 6.68. The number of rotatable bonds is 3. The molecule has 0 saturated carbocycles. The Morgan fingerprint density at radius 3 is 1.82 bits per heavy atom. The van der Waals surface area contributed by atoms with Crippen molar-refractivity contribution in [2.24, 2.45) is 0 Å². The van der Waals surface area contributed by atoms with Gasteiger partial charge in [-0.15, -0.1) is 0 Å². The molecule has 0 atom stereocenters. The Kier molecular flexibility index (Phi) is 9.19. The molecule has 0 unspecified atom stereocenters. The number of hydrogen-bond acceptors (Lipinski definition) is 5. The van der Waals surface area contributed by atoms with E-state index in [-0.39, 0.29) is 70.1 Å². The molecule has 1 aromatic rings. The summed E-state index contributed by atoms with van der Waals surface area (Å²) >= 11 is 0. The molecule has 0 spiro atoms. The van der Waals surface area contributed by atoms with Gasteiger partial charge in [0.2, 0.25) is 10.0 Å². The van der Waals surface area contributed by atoms with Crippen LogP contribution in [0.3, 0.4) is 0 Å². The first-order valence-corrected chi connectivity index (χ1v) is 7.22. The van der Waals surface area contributed by atoms with Gasteiger partial charge in [0.15, 0.2) is 0 Å². The van der Waals surface area contributed by atoms with Crippen LogP contribution in [0.15, 0.2) is 24.3 Å². The van der Waals surface area contributed by atoms with Crippen molar-refractivity contribution in [3.63, 3.8) is 0 Å². The van der Waals surface area contributed by atoms with Crippen molar-refractivity contribution in [2.75, 3.05) is 11.0 Å². The summed E-state index contributed by atoms with van der Waals surface area (Å²) < 4.78 is 34.3. The van der Waals surface area contributed by atoms with Gasteiger partial charge in [-0.25, -0.2) is 8.42 Å². The summed E-state index contributed by atoms with van der Waals surface area (Å²) in [5.74, 6) is 0. The second-order valence-electron chi connectivity index (χ2n) is 2.92. The molecule has 84 valence electrons. The zero-order valence-electron chi connectivity index (χ0n) is 9.71. The maximum Gasteiger partial charge on any atom is 1.00 e. The quantitative estimate of drug-likeness (QED) is 0.440. The Balaban J connectivity index is 0. The minimum Gasteiger partial charge on any atom is -0.807 e. The van der Waals surface area contributed by atoms with E-state index in [1.807, 2.05) is 0 Å². The molecular formula is C7H8NNa2O5PS. The Hall–Kier alpha value is 1.12. The topological polar surface area (TPSA) is 109 Å². The van der Waals surface area contributed by atoms with E-state index in [4.69, 9.17) is 0 Å². The minimum absolute atomic E-state index is 0. The molecule has 0 aromatic heterocycles. The van der Waals surface area contributed by atoms with Crippen molar-refractivity contribution in [1.82, 2.24) is 0 Å². The van der Waals surface area contributed by atoms with Gasteiger partial charge in [-0.1, -0.05) is 12.1 Å². The molecule has 0 bridgehead atoms. The van der Waals surface area contributed by atoms with Crippen LogP contribution in [0.2, 0.25) is 0 Å².